The fourth-order valence-corrected chi connectivity index (χ4v) is 1.94. The van der Waals surface area contributed by atoms with Gasteiger partial charge >= 0.3 is 6.03 Å². The number of amides is 3. The second-order valence-corrected chi connectivity index (χ2v) is 5.37. The first-order valence-corrected chi connectivity index (χ1v) is 7.21. The molecule has 3 N–H and O–H groups in total. The average molecular weight is 375 g/mol. The maximum Gasteiger partial charge on any atom is 0.319 e. The number of anilines is 1. The van der Waals surface area contributed by atoms with Crippen molar-refractivity contribution in [1.29, 1.82) is 0 Å². The maximum absolute atomic E-state index is 11.7. The Balaban J connectivity index is 2.44. The minimum absolute atomic E-state index is 0.181. The molecule has 19 heavy (non-hydrogen) atoms. The van der Waals surface area contributed by atoms with Crippen molar-refractivity contribution in [3.63, 3.8) is 0 Å². The van der Waals surface area contributed by atoms with Crippen molar-refractivity contribution >= 4 is 40.2 Å². The highest BCUT2D eigenvalue weighted by molar-refractivity contribution is 14.1. The van der Waals surface area contributed by atoms with E-state index in [1.807, 2.05) is 25.1 Å². The number of hydrogen-bond acceptors (Lipinski definition) is 2. The molecule has 0 heterocycles. The van der Waals surface area contributed by atoms with E-state index in [1.165, 1.54) is 0 Å². The van der Waals surface area contributed by atoms with E-state index in [-0.39, 0.29) is 11.9 Å². The van der Waals surface area contributed by atoms with E-state index in [1.54, 1.807) is 13.0 Å². The number of halogens is 1. The van der Waals surface area contributed by atoms with Gasteiger partial charge in [0.25, 0.3) is 0 Å². The lowest BCUT2D eigenvalue weighted by Gasteiger charge is -2.14. The van der Waals surface area contributed by atoms with Gasteiger partial charge in [-0.2, -0.15) is 0 Å². The molecule has 0 aliphatic carbocycles. The quantitative estimate of drug-likeness (QED) is 0.692. The monoisotopic (exact) mass is 375 g/mol. The molecule has 1 aromatic rings. The molecule has 0 saturated heterocycles. The Bertz CT molecular complexity index is 451. The third-order valence-electron chi connectivity index (χ3n) is 2.37. The van der Waals surface area contributed by atoms with Crippen LogP contribution in [0.3, 0.4) is 0 Å². The SMILES string of the molecule is CCCNC(=O)[C@@H](C)NC(=O)Nc1cccc(I)c1. The molecule has 0 saturated carbocycles. The van der Waals surface area contributed by atoms with Gasteiger partial charge in [-0.25, -0.2) is 4.79 Å². The molecule has 104 valence electrons. The predicted molar refractivity (Wildman–Crippen MR) is 84.1 cm³/mol. The van der Waals surface area contributed by atoms with Crippen LogP contribution in [0.2, 0.25) is 0 Å². The Labute approximate surface area is 126 Å². The lowest BCUT2D eigenvalue weighted by molar-refractivity contribution is -0.122. The van der Waals surface area contributed by atoms with Crippen LogP contribution < -0.4 is 16.0 Å². The van der Waals surface area contributed by atoms with E-state index in [0.29, 0.717) is 12.2 Å². The number of urea groups is 1. The van der Waals surface area contributed by atoms with E-state index >= 15 is 0 Å². The molecule has 0 unspecified atom stereocenters. The minimum atomic E-state index is -0.561. The Morgan fingerprint density at radius 3 is 2.74 bits per heavy atom. The van der Waals surface area contributed by atoms with Gasteiger partial charge in [0, 0.05) is 15.8 Å². The summed E-state index contributed by atoms with van der Waals surface area (Å²) in [5, 5.41) is 8.01. The predicted octanol–water partition coefficient (Wildman–Crippen LogP) is 2.33. The van der Waals surface area contributed by atoms with Crippen molar-refractivity contribution in [3.8, 4) is 0 Å². The Morgan fingerprint density at radius 2 is 2.11 bits per heavy atom. The Kier molecular flexibility index (Phi) is 6.61. The van der Waals surface area contributed by atoms with E-state index in [0.717, 1.165) is 9.99 Å². The zero-order chi connectivity index (χ0) is 14.3. The summed E-state index contributed by atoms with van der Waals surface area (Å²) >= 11 is 2.17. The molecule has 1 rings (SSSR count). The molecule has 1 aromatic carbocycles. The highest BCUT2D eigenvalue weighted by Crippen LogP contribution is 2.11. The van der Waals surface area contributed by atoms with Gasteiger partial charge in [-0.1, -0.05) is 13.0 Å². The Morgan fingerprint density at radius 1 is 1.37 bits per heavy atom. The molecule has 0 fully saturated rings. The average Bonchev–Trinajstić information content (AvgIpc) is 2.35. The molecular formula is C13H18IN3O2. The third-order valence-corrected chi connectivity index (χ3v) is 3.04. The van der Waals surface area contributed by atoms with Gasteiger partial charge in [-0.3, -0.25) is 4.79 Å². The van der Waals surface area contributed by atoms with Crippen molar-refractivity contribution in [2.75, 3.05) is 11.9 Å². The van der Waals surface area contributed by atoms with E-state index in [4.69, 9.17) is 0 Å². The highest BCUT2D eigenvalue weighted by atomic mass is 127. The number of rotatable bonds is 5. The van der Waals surface area contributed by atoms with Gasteiger partial charge < -0.3 is 16.0 Å². The van der Waals surface area contributed by atoms with Crippen molar-refractivity contribution in [2.24, 2.45) is 0 Å². The standard InChI is InChI=1S/C13H18IN3O2/c1-3-7-15-12(18)9(2)16-13(19)17-11-6-4-5-10(14)8-11/h4-6,8-9H,3,7H2,1-2H3,(H,15,18)(H2,16,17,19)/t9-/m1/s1. The summed E-state index contributed by atoms with van der Waals surface area (Å²) in [6.07, 6.45) is 0.868. The summed E-state index contributed by atoms with van der Waals surface area (Å²) in [4.78, 5) is 23.3. The van der Waals surface area contributed by atoms with Crippen LogP contribution in [0.1, 0.15) is 20.3 Å². The molecule has 0 aliphatic rings. The van der Waals surface area contributed by atoms with Crippen LogP contribution in [0.25, 0.3) is 0 Å². The summed E-state index contributed by atoms with van der Waals surface area (Å²) in [5.74, 6) is -0.181. The van der Waals surface area contributed by atoms with Crippen LogP contribution >= 0.6 is 22.6 Å². The first-order valence-electron chi connectivity index (χ1n) is 6.13. The summed E-state index contributed by atoms with van der Waals surface area (Å²) in [6.45, 7) is 4.24. The molecule has 0 bridgehead atoms. The fourth-order valence-electron chi connectivity index (χ4n) is 1.40. The number of carbonyl (C=O) groups is 2. The molecule has 0 aliphatic heterocycles. The molecular weight excluding hydrogens is 357 g/mol. The highest BCUT2D eigenvalue weighted by Gasteiger charge is 2.14. The van der Waals surface area contributed by atoms with Crippen molar-refractivity contribution in [1.82, 2.24) is 10.6 Å². The largest absolute Gasteiger partial charge is 0.354 e. The molecule has 3 amide bonds. The van der Waals surface area contributed by atoms with E-state index in [2.05, 4.69) is 38.5 Å². The van der Waals surface area contributed by atoms with Gasteiger partial charge in [0.1, 0.15) is 6.04 Å². The van der Waals surface area contributed by atoms with Gasteiger partial charge in [-0.05, 0) is 54.1 Å². The fraction of sp³-hybridized carbons (Fsp3) is 0.385. The van der Waals surface area contributed by atoms with Crippen LogP contribution in [0.5, 0.6) is 0 Å². The summed E-state index contributed by atoms with van der Waals surface area (Å²) in [6, 6.07) is 6.49. The van der Waals surface area contributed by atoms with E-state index < -0.39 is 6.04 Å². The van der Waals surface area contributed by atoms with Crippen LogP contribution in [0.4, 0.5) is 10.5 Å². The smallest absolute Gasteiger partial charge is 0.319 e. The second-order valence-electron chi connectivity index (χ2n) is 4.12. The van der Waals surface area contributed by atoms with Crippen LogP contribution in [0, 0.1) is 3.57 Å². The maximum atomic E-state index is 11.7. The second kappa shape index (κ2) is 7.98. The van der Waals surface area contributed by atoms with Crippen molar-refractivity contribution < 1.29 is 9.59 Å². The first-order chi connectivity index (χ1) is 9.02. The molecule has 5 nitrogen and oxygen atoms in total. The van der Waals surface area contributed by atoms with E-state index in [9.17, 15) is 9.59 Å². The van der Waals surface area contributed by atoms with Crippen LogP contribution in [-0.4, -0.2) is 24.5 Å². The van der Waals surface area contributed by atoms with Gasteiger partial charge in [0.2, 0.25) is 5.91 Å². The lowest BCUT2D eigenvalue weighted by atomic mass is 10.3. The number of carbonyl (C=O) groups excluding carboxylic acids is 2. The third kappa shape index (κ3) is 5.91. The van der Waals surface area contributed by atoms with Crippen molar-refractivity contribution in [3.05, 3.63) is 27.8 Å². The van der Waals surface area contributed by atoms with Crippen LogP contribution in [0.15, 0.2) is 24.3 Å². The normalized spacial score (nSPS) is 11.5. The first kappa shape index (κ1) is 15.7. The summed E-state index contributed by atoms with van der Waals surface area (Å²) in [7, 11) is 0. The molecule has 6 heteroatoms. The van der Waals surface area contributed by atoms with Gasteiger partial charge in [0.05, 0.1) is 0 Å². The molecule has 1 atom stereocenters. The zero-order valence-corrected chi connectivity index (χ0v) is 13.2. The minimum Gasteiger partial charge on any atom is -0.354 e. The lowest BCUT2D eigenvalue weighted by Crippen LogP contribution is -2.46. The van der Waals surface area contributed by atoms with Gasteiger partial charge in [-0.15, -0.1) is 0 Å². The topological polar surface area (TPSA) is 70.2 Å². The summed E-state index contributed by atoms with van der Waals surface area (Å²) in [5.41, 5.74) is 0.700. The van der Waals surface area contributed by atoms with Crippen molar-refractivity contribution in [2.45, 2.75) is 26.3 Å². The van der Waals surface area contributed by atoms with Gasteiger partial charge in [0.15, 0.2) is 0 Å². The molecule has 0 spiro atoms. The van der Waals surface area contributed by atoms with Crippen LogP contribution in [-0.2, 0) is 4.79 Å². The number of benzene rings is 1. The number of nitrogens with one attached hydrogen (secondary N) is 3. The summed E-state index contributed by atoms with van der Waals surface area (Å²) < 4.78 is 1.03. The zero-order valence-electron chi connectivity index (χ0n) is 11.0. The molecule has 0 aromatic heterocycles. The molecule has 0 radical (unpaired) electrons. The number of hydrogen-bond donors (Lipinski definition) is 3. The Hall–Kier alpha value is -1.31.